The molecule has 0 saturated carbocycles. The second-order valence-corrected chi connectivity index (χ2v) is 4.65. The van der Waals surface area contributed by atoms with Gasteiger partial charge in [-0.2, -0.15) is 0 Å². The maximum atomic E-state index is 4.58. The van der Waals surface area contributed by atoms with E-state index in [2.05, 4.69) is 47.3 Å². The molecule has 0 aliphatic carbocycles. The molecule has 0 atom stereocenters. The van der Waals surface area contributed by atoms with Crippen LogP contribution in [0.25, 0.3) is 0 Å². The minimum Gasteiger partial charge on any atom is -0.311 e. The Balaban J connectivity index is 2.59. The highest BCUT2D eigenvalue weighted by molar-refractivity contribution is 5.10. The highest BCUT2D eigenvalue weighted by Gasteiger charge is 2.02. The third-order valence-electron chi connectivity index (χ3n) is 2.47. The SMILES string of the molecule is CCCNCc1cc(C)nc(CCN(C)C)n1. The highest BCUT2D eigenvalue weighted by Crippen LogP contribution is 2.02. The van der Waals surface area contributed by atoms with Crippen LogP contribution in [0.5, 0.6) is 0 Å². The van der Waals surface area contributed by atoms with Crippen LogP contribution >= 0.6 is 0 Å². The van der Waals surface area contributed by atoms with Gasteiger partial charge in [0, 0.05) is 25.2 Å². The van der Waals surface area contributed by atoms with Crippen LogP contribution in [0.2, 0.25) is 0 Å². The molecule has 4 nitrogen and oxygen atoms in total. The molecule has 17 heavy (non-hydrogen) atoms. The van der Waals surface area contributed by atoms with Crippen molar-refractivity contribution < 1.29 is 0 Å². The second kappa shape index (κ2) is 7.35. The van der Waals surface area contributed by atoms with E-state index in [9.17, 15) is 0 Å². The zero-order valence-corrected chi connectivity index (χ0v) is 11.5. The van der Waals surface area contributed by atoms with Gasteiger partial charge in [-0.3, -0.25) is 0 Å². The fraction of sp³-hybridized carbons (Fsp3) is 0.692. The molecule has 1 N–H and O–H groups in total. The number of aromatic nitrogens is 2. The first kappa shape index (κ1) is 14.1. The Morgan fingerprint density at radius 2 is 2.06 bits per heavy atom. The Morgan fingerprint density at radius 1 is 1.29 bits per heavy atom. The number of rotatable bonds is 7. The van der Waals surface area contributed by atoms with E-state index >= 15 is 0 Å². The van der Waals surface area contributed by atoms with Crippen LogP contribution in [-0.2, 0) is 13.0 Å². The van der Waals surface area contributed by atoms with Crippen molar-refractivity contribution in [2.45, 2.75) is 33.2 Å². The summed E-state index contributed by atoms with van der Waals surface area (Å²) in [6.07, 6.45) is 2.06. The van der Waals surface area contributed by atoms with Crippen LogP contribution in [0.3, 0.4) is 0 Å². The predicted molar refractivity (Wildman–Crippen MR) is 71.0 cm³/mol. The van der Waals surface area contributed by atoms with Gasteiger partial charge in [0.1, 0.15) is 5.82 Å². The Labute approximate surface area is 104 Å². The molecule has 0 fully saturated rings. The molecule has 0 aliphatic rings. The molecular formula is C13H24N4. The van der Waals surface area contributed by atoms with Crippen molar-refractivity contribution in [3.8, 4) is 0 Å². The summed E-state index contributed by atoms with van der Waals surface area (Å²) in [7, 11) is 4.14. The van der Waals surface area contributed by atoms with E-state index in [1.165, 1.54) is 0 Å². The summed E-state index contributed by atoms with van der Waals surface area (Å²) >= 11 is 0. The van der Waals surface area contributed by atoms with Gasteiger partial charge in [-0.1, -0.05) is 6.92 Å². The fourth-order valence-electron chi connectivity index (χ4n) is 1.62. The molecule has 1 heterocycles. The molecule has 0 spiro atoms. The zero-order chi connectivity index (χ0) is 12.7. The maximum Gasteiger partial charge on any atom is 0.130 e. The number of hydrogen-bond acceptors (Lipinski definition) is 4. The minimum absolute atomic E-state index is 0.839. The van der Waals surface area contributed by atoms with Crippen molar-refractivity contribution in [2.75, 3.05) is 27.2 Å². The highest BCUT2D eigenvalue weighted by atomic mass is 15.1. The lowest BCUT2D eigenvalue weighted by Gasteiger charge is -2.10. The van der Waals surface area contributed by atoms with E-state index in [-0.39, 0.29) is 0 Å². The van der Waals surface area contributed by atoms with Crippen LogP contribution in [0.4, 0.5) is 0 Å². The standard InChI is InChI=1S/C13H24N4/c1-5-7-14-10-12-9-11(2)15-13(16-12)6-8-17(3)4/h9,14H,5-8,10H2,1-4H3. The van der Waals surface area contributed by atoms with Crippen molar-refractivity contribution in [1.82, 2.24) is 20.2 Å². The topological polar surface area (TPSA) is 41.1 Å². The first-order chi connectivity index (χ1) is 8.11. The van der Waals surface area contributed by atoms with Gasteiger partial charge in [0.05, 0.1) is 5.69 Å². The van der Waals surface area contributed by atoms with Crippen molar-refractivity contribution in [1.29, 1.82) is 0 Å². The summed E-state index contributed by atoms with van der Waals surface area (Å²) in [5.41, 5.74) is 2.15. The third-order valence-corrected chi connectivity index (χ3v) is 2.47. The summed E-state index contributed by atoms with van der Waals surface area (Å²) < 4.78 is 0. The lowest BCUT2D eigenvalue weighted by Crippen LogP contribution is -2.19. The molecule has 1 rings (SSSR count). The van der Waals surface area contributed by atoms with E-state index in [0.717, 1.165) is 49.7 Å². The van der Waals surface area contributed by atoms with E-state index in [1.54, 1.807) is 0 Å². The van der Waals surface area contributed by atoms with Gasteiger partial charge < -0.3 is 10.2 Å². The molecule has 0 aliphatic heterocycles. The van der Waals surface area contributed by atoms with Crippen molar-refractivity contribution in [3.05, 3.63) is 23.3 Å². The molecule has 0 amide bonds. The number of likely N-dealkylation sites (N-methyl/N-ethyl adjacent to an activating group) is 1. The van der Waals surface area contributed by atoms with Gasteiger partial charge in [-0.25, -0.2) is 9.97 Å². The van der Waals surface area contributed by atoms with E-state index in [0.29, 0.717) is 0 Å². The molecule has 0 radical (unpaired) electrons. The van der Waals surface area contributed by atoms with E-state index < -0.39 is 0 Å². The van der Waals surface area contributed by atoms with Crippen LogP contribution < -0.4 is 5.32 Å². The number of nitrogens with one attached hydrogen (secondary N) is 1. The zero-order valence-electron chi connectivity index (χ0n) is 11.5. The van der Waals surface area contributed by atoms with Crippen LogP contribution in [0, 0.1) is 6.92 Å². The average Bonchev–Trinajstić information content (AvgIpc) is 2.26. The lowest BCUT2D eigenvalue weighted by atomic mass is 10.3. The maximum absolute atomic E-state index is 4.58. The molecule has 0 bridgehead atoms. The monoisotopic (exact) mass is 236 g/mol. The Hall–Kier alpha value is -1.00. The van der Waals surface area contributed by atoms with Gasteiger partial charge in [-0.05, 0) is 40.1 Å². The predicted octanol–water partition coefficient (Wildman–Crippen LogP) is 1.39. The first-order valence-electron chi connectivity index (χ1n) is 6.30. The summed E-state index contributed by atoms with van der Waals surface area (Å²) in [5.74, 6) is 0.951. The Bertz CT molecular complexity index is 336. The summed E-state index contributed by atoms with van der Waals surface area (Å²) in [6.45, 7) is 7.07. The number of nitrogens with zero attached hydrogens (tertiary/aromatic N) is 3. The summed E-state index contributed by atoms with van der Waals surface area (Å²) in [4.78, 5) is 11.2. The molecule has 0 aromatic carbocycles. The minimum atomic E-state index is 0.839. The van der Waals surface area contributed by atoms with E-state index in [1.807, 2.05) is 6.92 Å². The molecule has 4 heteroatoms. The number of aryl methyl sites for hydroxylation is 1. The van der Waals surface area contributed by atoms with Crippen molar-refractivity contribution in [3.63, 3.8) is 0 Å². The van der Waals surface area contributed by atoms with Crippen LogP contribution in [0.15, 0.2) is 6.07 Å². The molecule has 1 aromatic rings. The fourth-order valence-corrected chi connectivity index (χ4v) is 1.62. The van der Waals surface area contributed by atoms with Gasteiger partial charge in [-0.15, -0.1) is 0 Å². The van der Waals surface area contributed by atoms with Crippen LogP contribution in [-0.4, -0.2) is 42.1 Å². The smallest absolute Gasteiger partial charge is 0.130 e. The Kier molecular flexibility index (Phi) is 6.08. The largest absolute Gasteiger partial charge is 0.311 e. The molecular weight excluding hydrogens is 212 g/mol. The van der Waals surface area contributed by atoms with E-state index in [4.69, 9.17) is 0 Å². The Morgan fingerprint density at radius 3 is 2.71 bits per heavy atom. The van der Waals surface area contributed by atoms with Crippen LogP contribution in [0.1, 0.15) is 30.6 Å². The normalized spacial score (nSPS) is 11.1. The first-order valence-corrected chi connectivity index (χ1v) is 6.30. The van der Waals surface area contributed by atoms with Crippen molar-refractivity contribution in [2.24, 2.45) is 0 Å². The lowest BCUT2D eigenvalue weighted by molar-refractivity contribution is 0.409. The quantitative estimate of drug-likeness (QED) is 0.726. The molecule has 0 unspecified atom stereocenters. The number of hydrogen-bond donors (Lipinski definition) is 1. The summed E-state index contributed by atoms with van der Waals surface area (Å²) in [6, 6.07) is 2.06. The molecule has 96 valence electrons. The average molecular weight is 236 g/mol. The third kappa shape index (κ3) is 5.75. The van der Waals surface area contributed by atoms with Gasteiger partial charge >= 0.3 is 0 Å². The van der Waals surface area contributed by atoms with Gasteiger partial charge in [0.15, 0.2) is 0 Å². The second-order valence-electron chi connectivity index (χ2n) is 4.65. The molecule has 1 aromatic heterocycles. The van der Waals surface area contributed by atoms with Gasteiger partial charge in [0.25, 0.3) is 0 Å². The molecule has 0 saturated heterocycles. The van der Waals surface area contributed by atoms with Crippen molar-refractivity contribution >= 4 is 0 Å². The summed E-state index contributed by atoms with van der Waals surface area (Å²) in [5, 5.41) is 3.37. The van der Waals surface area contributed by atoms with Gasteiger partial charge in [0.2, 0.25) is 0 Å².